The molecule has 0 atom stereocenters. The van der Waals surface area contributed by atoms with E-state index in [9.17, 15) is 23.7 Å². The van der Waals surface area contributed by atoms with E-state index in [1.807, 2.05) is 0 Å². The van der Waals surface area contributed by atoms with Crippen LogP contribution < -0.4 is 15.4 Å². The molecule has 1 heterocycles. The van der Waals surface area contributed by atoms with Gasteiger partial charge in [-0.1, -0.05) is 0 Å². The van der Waals surface area contributed by atoms with Crippen LogP contribution in [0.25, 0.3) is 10.9 Å². The first-order valence-corrected chi connectivity index (χ1v) is 10.7. The van der Waals surface area contributed by atoms with Crippen LogP contribution in [0, 0.1) is 21.7 Å². The minimum Gasteiger partial charge on any atom is -0.485 e. The molecule has 34 heavy (non-hydrogen) atoms. The molecule has 0 aliphatic carbocycles. The van der Waals surface area contributed by atoms with Gasteiger partial charge in [0.25, 0.3) is 0 Å². The van der Waals surface area contributed by atoms with Crippen LogP contribution in [0.5, 0.6) is 5.75 Å². The number of anilines is 2. The Kier molecular flexibility index (Phi) is 7.44. The van der Waals surface area contributed by atoms with E-state index < -0.39 is 33.9 Å². The van der Waals surface area contributed by atoms with E-state index in [0.717, 1.165) is 6.33 Å². The van der Waals surface area contributed by atoms with Crippen LogP contribution in [0.1, 0.15) is 20.8 Å². The highest BCUT2D eigenvalue weighted by molar-refractivity contribution is 9.10. The summed E-state index contributed by atoms with van der Waals surface area (Å²) >= 11 is 2.90. The molecule has 0 spiro atoms. The third kappa shape index (κ3) is 6.04. The second-order valence-electron chi connectivity index (χ2n) is 7.94. The zero-order valence-electron chi connectivity index (χ0n) is 18.3. The molecule has 0 aliphatic heterocycles. The van der Waals surface area contributed by atoms with Crippen molar-refractivity contribution in [3.63, 3.8) is 0 Å². The van der Waals surface area contributed by atoms with Crippen LogP contribution in [0.15, 0.2) is 35.1 Å². The molecule has 2 N–H and O–H groups in total. The predicted molar refractivity (Wildman–Crippen MR) is 123 cm³/mol. The fourth-order valence-corrected chi connectivity index (χ4v) is 3.11. The number of carbonyl (C=O) groups is 1. The van der Waals surface area contributed by atoms with Crippen molar-refractivity contribution in [3.8, 4) is 5.75 Å². The summed E-state index contributed by atoms with van der Waals surface area (Å²) in [5.41, 5.74) is -1.02. The molecule has 0 radical (unpaired) electrons. The summed E-state index contributed by atoms with van der Waals surface area (Å²) < 4.78 is 38.7. The number of aromatic nitrogens is 2. The molecule has 13 heteroatoms. The van der Waals surface area contributed by atoms with Gasteiger partial charge >= 0.3 is 11.8 Å². The van der Waals surface area contributed by atoms with Crippen molar-refractivity contribution in [2.24, 2.45) is 0 Å². The summed E-state index contributed by atoms with van der Waals surface area (Å²) in [5.74, 6) is -2.29. The number of fused-ring (bicyclic) bond motifs is 1. The van der Waals surface area contributed by atoms with Gasteiger partial charge < -0.3 is 20.1 Å². The molecule has 1 amide bonds. The molecule has 0 saturated carbocycles. The Morgan fingerprint density at radius 3 is 2.62 bits per heavy atom. The zero-order chi connectivity index (χ0) is 25.0. The van der Waals surface area contributed by atoms with Gasteiger partial charge in [-0.05, 0) is 48.8 Å². The van der Waals surface area contributed by atoms with Gasteiger partial charge in [0.15, 0.2) is 17.4 Å². The lowest BCUT2D eigenvalue weighted by atomic mass is 10.2. The van der Waals surface area contributed by atoms with E-state index in [2.05, 4.69) is 36.5 Å². The van der Waals surface area contributed by atoms with Gasteiger partial charge in [-0.25, -0.2) is 23.5 Å². The molecule has 3 rings (SSSR count). The van der Waals surface area contributed by atoms with Crippen LogP contribution >= 0.6 is 15.9 Å². The number of ether oxygens (including phenoxy) is 2. The summed E-state index contributed by atoms with van der Waals surface area (Å²) in [5, 5.41) is 16.9. The van der Waals surface area contributed by atoms with E-state index in [1.54, 1.807) is 20.8 Å². The number of nitro groups is 1. The number of alkyl carbamates (subject to hydrolysis) is 1. The van der Waals surface area contributed by atoms with E-state index in [0.29, 0.717) is 0 Å². The molecule has 3 aromatic rings. The average molecular weight is 540 g/mol. The highest BCUT2D eigenvalue weighted by Gasteiger charge is 2.21. The number of halogens is 3. The molecule has 0 bridgehead atoms. The summed E-state index contributed by atoms with van der Waals surface area (Å²) in [7, 11) is 0. The van der Waals surface area contributed by atoms with Crippen LogP contribution in [-0.2, 0) is 4.74 Å². The number of nitrogens with zero attached hydrogens (tertiary/aromatic N) is 3. The number of carbonyl (C=O) groups excluding carboxylic acids is 1. The largest absolute Gasteiger partial charge is 0.485 e. The molecule has 0 aliphatic rings. The number of nitro benzene ring substituents is 1. The lowest BCUT2D eigenvalue weighted by Crippen LogP contribution is -2.34. The van der Waals surface area contributed by atoms with Crippen LogP contribution in [0.4, 0.5) is 30.8 Å². The minimum atomic E-state index is -1.15. The standard InChI is InChI=1S/C21H20BrF2N5O5/c1-21(2,3)34-20(30)25-6-7-33-16-9-14-11(8-15(16)29(31)32)19(27-10-26-14)28-13-5-4-12(22)17(23)18(13)24/h4-5,8-10H,6-7H2,1-3H3,(H,25,30)(H,26,27,28). The van der Waals surface area contributed by atoms with Gasteiger partial charge in [0.2, 0.25) is 0 Å². The van der Waals surface area contributed by atoms with Gasteiger partial charge in [0.1, 0.15) is 24.4 Å². The SMILES string of the molecule is CC(C)(C)OC(=O)NCCOc1cc2ncnc(Nc3ccc(Br)c(F)c3F)c2cc1[N+](=O)[O-]. The fraction of sp³-hybridized carbons (Fsp3) is 0.286. The number of amides is 1. The number of nitrogens with one attached hydrogen (secondary N) is 2. The molecule has 10 nitrogen and oxygen atoms in total. The lowest BCUT2D eigenvalue weighted by molar-refractivity contribution is -0.385. The summed E-state index contributed by atoms with van der Waals surface area (Å²) in [6, 6.07) is 5.09. The molecule has 2 aromatic carbocycles. The summed E-state index contributed by atoms with van der Waals surface area (Å²) in [4.78, 5) is 30.7. The average Bonchev–Trinajstić information content (AvgIpc) is 2.75. The fourth-order valence-electron chi connectivity index (χ4n) is 2.81. The van der Waals surface area contributed by atoms with Crippen molar-refractivity contribution in [2.75, 3.05) is 18.5 Å². The Balaban J connectivity index is 1.83. The van der Waals surface area contributed by atoms with E-state index >= 15 is 0 Å². The zero-order valence-corrected chi connectivity index (χ0v) is 19.9. The van der Waals surface area contributed by atoms with Gasteiger partial charge in [0.05, 0.1) is 32.5 Å². The summed E-state index contributed by atoms with van der Waals surface area (Å²) in [6.45, 7) is 5.11. The molecule has 180 valence electrons. The third-order valence-electron chi connectivity index (χ3n) is 4.23. The number of benzene rings is 2. The van der Waals surface area contributed by atoms with E-state index in [-0.39, 0.29) is 45.8 Å². The Morgan fingerprint density at radius 1 is 1.21 bits per heavy atom. The molecule has 1 aromatic heterocycles. The Labute approximate surface area is 201 Å². The second-order valence-corrected chi connectivity index (χ2v) is 8.80. The predicted octanol–water partition coefficient (Wildman–Crippen LogP) is 5.23. The molecular weight excluding hydrogens is 520 g/mol. The van der Waals surface area contributed by atoms with Gasteiger partial charge in [-0.2, -0.15) is 0 Å². The van der Waals surface area contributed by atoms with Crippen molar-refractivity contribution in [1.29, 1.82) is 0 Å². The highest BCUT2D eigenvalue weighted by Crippen LogP contribution is 2.35. The Hall–Kier alpha value is -3.61. The second kappa shape index (κ2) is 10.1. The molecule has 0 fully saturated rings. The van der Waals surface area contributed by atoms with Crippen LogP contribution in [0.2, 0.25) is 0 Å². The monoisotopic (exact) mass is 539 g/mol. The van der Waals surface area contributed by atoms with Crippen LogP contribution in [-0.4, -0.2) is 39.7 Å². The maximum atomic E-state index is 14.3. The van der Waals surface area contributed by atoms with Gasteiger partial charge in [-0.3, -0.25) is 10.1 Å². The number of hydrogen-bond acceptors (Lipinski definition) is 8. The smallest absolute Gasteiger partial charge is 0.407 e. The quantitative estimate of drug-likeness (QED) is 0.181. The first-order valence-electron chi connectivity index (χ1n) is 9.89. The van der Waals surface area contributed by atoms with Crippen molar-refractivity contribution >= 4 is 50.1 Å². The van der Waals surface area contributed by atoms with E-state index in [4.69, 9.17) is 9.47 Å². The van der Waals surface area contributed by atoms with Crippen molar-refractivity contribution in [1.82, 2.24) is 15.3 Å². The highest BCUT2D eigenvalue weighted by atomic mass is 79.9. The van der Waals surface area contributed by atoms with E-state index in [1.165, 1.54) is 24.3 Å². The van der Waals surface area contributed by atoms with Crippen LogP contribution in [0.3, 0.4) is 0 Å². The van der Waals surface area contributed by atoms with Crippen molar-refractivity contribution in [2.45, 2.75) is 26.4 Å². The third-order valence-corrected chi connectivity index (χ3v) is 4.84. The maximum Gasteiger partial charge on any atom is 0.407 e. The topological polar surface area (TPSA) is 129 Å². The first-order chi connectivity index (χ1) is 16.0. The number of hydrogen-bond donors (Lipinski definition) is 2. The number of rotatable bonds is 7. The Bertz CT molecular complexity index is 1250. The molecular formula is C21H20BrF2N5O5. The van der Waals surface area contributed by atoms with Crippen molar-refractivity contribution < 1.29 is 28.0 Å². The van der Waals surface area contributed by atoms with Gasteiger partial charge in [0, 0.05) is 12.1 Å². The van der Waals surface area contributed by atoms with Crippen molar-refractivity contribution in [3.05, 3.63) is 56.8 Å². The minimum absolute atomic E-state index is 0.0341. The molecule has 0 unspecified atom stereocenters. The maximum absolute atomic E-state index is 14.3. The normalized spacial score (nSPS) is 11.2. The van der Waals surface area contributed by atoms with Gasteiger partial charge in [-0.15, -0.1) is 0 Å². The Morgan fingerprint density at radius 2 is 1.94 bits per heavy atom. The molecule has 0 saturated heterocycles. The first kappa shape index (κ1) is 25.0. The lowest BCUT2D eigenvalue weighted by Gasteiger charge is -2.19. The summed E-state index contributed by atoms with van der Waals surface area (Å²) in [6.07, 6.45) is 0.515.